The molecule has 1 aliphatic heterocycles. The standard InChI is InChI=1S/C22H20ClN3O3S/c1-28-16-10-8-15(9-11-16)18-17-19(23)24-21(30-2)25-20(17)26(22(27)29-18)13-12-14-6-4-3-5-7-14/h3-11,18H,12-13H2,1-2H3. The zero-order valence-electron chi connectivity index (χ0n) is 16.5. The van der Waals surface area contributed by atoms with Crippen molar-refractivity contribution in [2.45, 2.75) is 17.7 Å². The second-order valence-corrected chi connectivity index (χ2v) is 7.79. The molecule has 3 aromatic rings. The van der Waals surface area contributed by atoms with E-state index in [0.717, 1.165) is 11.1 Å². The molecule has 0 N–H and O–H groups in total. The van der Waals surface area contributed by atoms with Gasteiger partial charge in [0, 0.05) is 6.54 Å². The van der Waals surface area contributed by atoms with Crippen LogP contribution in [0.4, 0.5) is 10.6 Å². The number of aromatic nitrogens is 2. The van der Waals surface area contributed by atoms with Gasteiger partial charge in [0.05, 0.1) is 12.7 Å². The van der Waals surface area contributed by atoms with E-state index >= 15 is 0 Å². The molecule has 2 heterocycles. The van der Waals surface area contributed by atoms with E-state index in [9.17, 15) is 4.79 Å². The molecule has 0 aliphatic carbocycles. The molecule has 0 spiro atoms. The van der Waals surface area contributed by atoms with Crippen LogP contribution in [-0.2, 0) is 11.2 Å². The van der Waals surface area contributed by atoms with E-state index in [1.165, 1.54) is 16.7 Å². The Balaban J connectivity index is 1.73. The number of ether oxygens (including phenoxy) is 2. The van der Waals surface area contributed by atoms with Crippen LogP contribution in [-0.4, -0.2) is 36.0 Å². The van der Waals surface area contributed by atoms with Gasteiger partial charge >= 0.3 is 6.09 Å². The summed E-state index contributed by atoms with van der Waals surface area (Å²) in [5.74, 6) is 1.21. The first-order chi connectivity index (χ1) is 14.6. The number of anilines is 1. The number of cyclic esters (lactones) is 1. The van der Waals surface area contributed by atoms with Gasteiger partial charge in [-0.15, -0.1) is 0 Å². The lowest BCUT2D eigenvalue weighted by molar-refractivity contribution is 0.116. The first kappa shape index (κ1) is 20.5. The van der Waals surface area contributed by atoms with Crippen LogP contribution in [0.5, 0.6) is 5.75 Å². The van der Waals surface area contributed by atoms with Crippen molar-refractivity contribution >= 4 is 35.3 Å². The Morgan fingerprint density at radius 3 is 2.53 bits per heavy atom. The molecule has 1 aliphatic rings. The van der Waals surface area contributed by atoms with Crippen LogP contribution in [0.2, 0.25) is 5.15 Å². The van der Waals surface area contributed by atoms with E-state index in [2.05, 4.69) is 9.97 Å². The predicted octanol–water partition coefficient (Wildman–Crippen LogP) is 5.15. The van der Waals surface area contributed by atoms with Gasteiger partial charge in [0.1, 0.15) is 10.9 Å². The lowest BCUT2D eigenvalue weighted by Gasteiger charge is -2.33. The van der Waals surface area contributed by atoms with Gasteiger partial charge in [-0.25, -0.2) is 14.8 Å². The van der Waals surface area contributed by atoms with Crippen LogP contribution in [0.1, 0.15) is 22.8 Å². The molecular weight excluding hydrogens is 422 g/mol. The van der Waals surface area contributed by atoms with E-state index in [-0.39, 0.29) is 5.15 Å². The summed E-state index contributed by atoms with van der Waals surface area (Å²) >= 11 is 7.93. The highest BCUT2D eigenvalue weighted by Gasteiger charge is 2.37. The third kappa shape index (κ3) is 4.08. The third-order valence-electron chi connectivity index (χ3n) is 4.88. The lowest BCUT2D eigenvalue weighted by atomic mass is 10.0. The zero-order chi connectivity index (χ0) is 21.1. The number of halogens is 1. The molecule has 8 heteroatoms. The van der Waals surface area contributed by atoms with Crippen LogP contribution in [0.15, 0.2) is 59.8 Å². The molecule has 0 saturated heterocycles. The minimum absolute atomic E-state index is 0.280. The van der Waals surface area contributed by atoms with Crippen molar-refractivity contribution in [2.24, 2.45) is 0 Å². The molecule has 0 radical (unpaired) electrons. The maximum Gasteiger partial charge on any atom is 0.416 e. The molecule has 4 rings (SSSR count). The Bertz CT molecular complexity index is 1050. The summed E-state index contributed by atoms with van der Waals surface area (Å²) in [4.78, 5) is 23.5. The van der Waals surface area contributed by atoms with Gasteiger partial charge in [0.25, 0.3) is 0 Å². The molecule has 0 fully saturated rings. The van der Waals surface area contributed by atoms with Crippen molar-refractivity contribution in [3.8, 4) is 5.75 Å². The number of thioether (sulfide) groups is 1. The molecule has 1 atom stereocenters. The van der Waals surface area contributed by atoms with E-state index in [0.29, 0.717) is 35.3 Å². The summed E-state index contributed by atoms with van der Waals surface area (Å²) in [7, 11) is 1.60. The topological polar surface area (TPSA) is 64.6 Å². The summed E-state index contributed by atoms with van der Waals surface area (Å²) in [6.45, 7) is 0.423. The SMILES string of the molecule is COc1ccc(C2OC(=O)N(CCc3ccccc3)c3nc(SC)nc(Cl)c32)cc1. The summed E-state index contributed by atoms with van der Waals surface area (Å²) in [6.07, 6.45) is 1.39. The highest BCUT2D eigenvalue weighted by molar-refractivity contribution is 7.98. The minimum Gasteiger partial charge on any atom is -0.497 e. The van der Waals surface area contributed by atoms with Gasteiger partial charge in [0.2, 0.25) is 0 Å². The van der Waals surface area contributed by atoms with Gasteiger partial charge in [-0.1, -0.05) is 65.8 Å². The van der Waals surface area contributed by atoms with Gasteiger partial charge in [0.15, 0.2) is 17.1 Å². The second-order valence-electron chi connectivity index (χ2n) is 6.66. The number of rotatable bonds is 6. The molecule has 154 valence electrons. The van der Waals surface area contributed by atoms with E-state index in [1.807, 2.05) is 60.9 Å². The first-order valence-electron chi connectivity index (χ1n) is 9.38. The number of benzene rings is 2. The summed E-state index contributed by atoms with van der Waals surface area (Å²) < 4.78 is 11.0. The largest absolute Gasteiger partial charge is 0.497 e. The van der Waals surface area contributed by atoms with Crippen molar-refractivity contribution in [3.63, 3.8) is 0 Å². The highest BCUT2D eigenvalue weighted by Crippen LogP contribution is 2.42. The second kappa shape index (κ2) is 8.93. The Morgan fingerprint density at radius 2 is 1.87 bits per heavy atom. The van der Waals surface area contributed by atoms with E-state index in [1.54, 1.807) is 7.11 Å². The molecular formula is C22H20ClN3O3S. The predicted molar refractivity (Wildman–Crippen MR) is 118 cm³/mol. The average molecular weight is 442 g/mol. The van der Waals surface area contributed by atoms with Crippen LogP contribution in [0, 0.1) is 0 Å². The smallest absolute Gasteiger partial charge is 0.416 e. The maximum absolute atomic E-state index is 13.0. The summed E-state index contributed by atoms with van der Waals surface area (Å²) in [6, 6.07) is 17.3. The number of hydrogen-bond donors (Lipinski definition) is 0. The van der Waals surface area contributed by atoms with Crippen molar-refractivity contribution in [2.75, 3.05) is 24.8 Å². The minimum atomic E-state index is -0.685. The molecule has 6 nitrogen and oxygen atoms in total. The van der Waals surface area contributed by atoms with Crippen LogP contribution in [0.25, 0.3) is 0 Å². The van der Waals surface area contributed by atoms with Gasteiger partial charge in [-0.05, 0) is 35.9 Å². The van der Waals surface area contributed by atoms with Crippen LogP contribution >= 0.6 is 23.4 Å². The molecule has 1 unspecified atom stereocenters. The maximum atomic E-state index is 13.0. The van der Waals surface area contributed by atoms with Gasteiger partial charge < -0.3 is 9.47 Å². The van der Waals surface area contributed by atoms with E-state index < -0.39 is 12.2 Å². The fourth-order valence-corrected chi connectivity index (χ4v) is 4.01. The molecule has 1 amide bonds. The van der Waals surface area contributed by atoms with Gasteiger partial charge in [-0.2, -0.15) is 0 Å². The highest BCUT2D eigenvalue weighted by atomic mass is 35.5. The fourth-order valence-electron chi connectivity index (χ4n) is 3.34. The molecule has 2 aromatic carbocycles. The summed E-state index contributed by atoms with van der Waals surface area (Å²) in [5, 5.41) is 0.786. The number of fused-ring (bicyclic) bond motifs is 1. The van der Waals surface area contributed by atoms with Crippen LogP contribution in [0.3, 0.4) is 0 Å². The lowest BCUT2D eigenvalue weighted by Crippen LogP contribution is -2.40. The fraction of sp³-hybridized carbons (Fsp3) is 0.227. The van der Waals surface area contributed by atoms with Crippen molar-refractivity contribution in [3.05, 3.63) is 76.4 Å². The Kier molecular flexibility index (Phi) is 6.11. The average Bonchev–Trinajstić information content (AvgIpc) is 2.78. The van der Waals surface area contributed by atoms with E-state index in [4.69, 9.17) is 21.1 Å². The third-order valence-corrected chi connectivity index (χ3v) is 5.72. The van der Waals surface area contributed by atoms with Crippen LogP contribution < -0.4 is 9.64 Å². The summed E-state index contributed by atoms with van der Waals surface area (Å²) in [5.41, 5.74) is 2.48. The Hall–Kier alpha value is -2.77. The molecule has 1 aromatic heterocycles. The molecule has 30 heavy (non-hydrogen) atoms. The van der Waals surface area contributed by atoms with Crippen molar-refractivity contribution in [1.29, 1.82) is 0 Å². The molecule has 0 bridgehead atoms. The number of methoxy groups -OCH3 is 1. The number of amides is 1. The van der Waals surface area contributed by atoms with Gasteiger partial charge in [-0.3, -0.25) is 4.90 Å². The quantitative estimate of drug-likeness (QED) is 0.299. The van der Waals surface area contributed by atoms with Crippen molar-refractivity contribution in [1.82, 2.24) is 9.97 Å². The first-order valence-corrected chi connectivity index (χ1v) is 11.0. The number of nitrogens with zero attached hydrogens (tertiary/aromatic N) is 3. The monoisotopic (exact) mass is 441 g/mol. The Morgan fingerprint density at radius 1 is 1.13 bits per heavy atom. The molecule has 0 saturated carbocycles. The number of carbonyl (C=O) groups is 1. The Labute approximate surface area is 184 Å². The normalized spacial score (nSPS) is 15.5. The number of carbonyl (C=O) groups excluding carboxylic acids is 1. The number of hydrogen-bond acceptors (Lipinski definition) is 6. The van der Waals surface area contributed by atoms with Crippen molar-refractivity contribution < 1.29 is 14.3 Å². The zero-order valence-corrected chi connectivity index (χ0v) is 18.1.